The third-order valence-electron chi connectivity index (χ3n) is 4.99. The third kappa shape index (κ3) is 4.69. The van der Waals surface area contributed by atoms with Crippen molar-refractivity contribution in [2.75, 3.05) is 4.90 Å². The Balaban J connectivity index is 1.49. The van der Waals surface area contributed by atoms with Crippen LogP contribution in [-0.4, -0.2) is 10.2 Å². The molecule has 1 fully saturated rings. The van der Waals surface area contributed by atoms with Crippen LogP contribution in [0.4, 0.5) is 5.69 Å². The van der Waals surface area contributed by atoms with Crippen molar-refractivity contribution in [1.82, 2.24) is 0 Å². The SMILES string of the molecule is Cc1cccc(C)c1N1C(=O)/C(=C/c2ccc(OCc3ccccc3Cl)cc2)SC1=S. The first-order valence-corrected chi connectivity index (χ1v) is 11.3. The topological polar surface area (TPSA) is 29.5 Å². The molecule has 156 valence electrons. The van der Waals surface area contributed by atoms with Gasteiger partial charge < -0.3 is 4.74 Å². The van der Waals surface area contributed by atoms with Crippen molar-refractivity contribution < 1.29 is 9.53 Å². The summed E-state index contributed by atoms with van der Waals surface area (Å²) >= 11 is 13.0. The second-order valence-corrected chi connectivity index (χ2v) is 9.29. The van der Waals surface area contributed by atoms with Gasteiger partial charge in [0.25, 0.3) is 5.91 Å². The largest absolute Gasteiger partial charge is 0.489 e. The van der Waals surface area contributed by atoms with Crippen LogP contribution in [0.5, 0.6) is 5.75 Å². The number of ether oxygens (including phenoxy) is 1. The maximum absolute atomic E-state index is 13.1. The summed E-state index contributed by atoms with van der Waals surface area (Å²) in [4.78, 5) is 15.3. The van der Waals surface area contributed by atoms with Gasteiger partial charge in [-0.05, 0) is 54.8 Å². The van der Waals surface area contributed by atoms with E-state index in [1.165, 1.54) is 11.8 Å². The number of carbonyl (C=O) groups excluding carboxylic acids is 1. The van der Waals surface area contributed by atoms with E-state index in [9.17, 15) is 4.79 Å². The molecular weight excluding hydrogens is 446 g/mol. The van der Waals surface area contributed by atoms with Gasteiger partial charge in [0.2, 0.25) is 0 Å². The molecular formula is C25H20ClNO2S2. The number of carbonyl (C=O) groups is 1. The fraction of sp³-hybridized carbons (Fsp3) is 0.120. The Hall–Kier alpha value is -2.60. The molecule has 31 heavy (non-hydrogen) atoms. The fourth-order valence-corrected chi connectivity index (χ4v) is 4.87. The second-order valence-electron chi connectivity index (χ2n) is 7.21. The summed E-state index contributed by atoms with van der Waals surface area (Å²) in [5.41, 5.74) is 4.77. The number of thioether (sulfide) groups is 1. The number of hydrogen-bond donors (Lipinski definition) is 0. The number of amides is 1. The van der Waals surface area contributed by atoms with Gasteiger partial charge in [0.1, 0.15) is 12.4 Å². The molecule has 3 nitrogen and oxygen atoms in total. The van der Waals surface area contributed by atoms with Crippen LogP contribution >= 0.6 is 35.6 Å². The molecule has 3 aromatic carbocycles. The minimum Gasteiger partial charge on any atom is -0.489 e. The number of thiocarbonyl (C=S) groups is 1. The van der Waals surface area contributed by atoms with Gasteiger partial charge in [-0.1, -0.05) is 84.1 Å². The van der Waals surface area contributed by atoms with Crippen LogP contribution in [0.1, 0.15) is 22.3 Å². The molecule has 0 aliphatic carbocycles. The van der Waals surface area contributed by atoms with E-state index in [1.807, 2.05) is 86.7 Å². The van der Waals surface area contributed by atoms with Gasteiger partial charge in [-0.25, -0.2) is 0 Å². The smallest absolute Gasteiger partial charge is 0.270 e. The van der Waals surface area contributed by atoms with Crippen molar-refractivity contribution in [1.29, 1.82) is 0 Å². The minimum absolute atomic E-state index is 0.0913. The summed E-state index contributed by atoms with van der Waals surface area (Å²) in [6.45, 7) is 4.38. The van der Waals surface area contributed by atoms with Crippen LogP contribution in [0.3, 0.4) is 0 Å². The van der Waals surface area contributed by atoms with E-state index in [4.69, 9.17) is 28.6 Å². The summed E-state index contributed by atoms with van der Waals surface area (Å²) in [6.07, 6.45) is 1.87. The van der Waals surface area contributed by atoms with Crippen LogP contribution in [0.2, 0.25) is 5.02 Å². The number of benzene rings is 3. The van der Waals surface area contributed by atoms with Crippen molar-refractivity contribution in [2.45, 2.75) is 20.5 Å². The van der Waals surface area contributed by atoms with Crippen LogP contribution in [0.25, 0.3) is 6.08 Å². The van der Waals surface area contributed by atoms with E-state index < -0.39 is 0 Å². The number of nitrogens with zero attached hydrogens (tertiary/aromatic N) is 1. The number of anilines is 1. The van der Waals surface area contributed by atoms with Crippen LogP contribution in [-0.2, 0) is 11.4 Å². The lowest BCUT2D eigenvalue weighted by Crippen LogP contribution is -2.29. The molecule has 6 heteroatoms. The molecule has 1 saturated heterocycles. The normalized spacial score (nSPS) is 15.1. The van der Waals surface area contributed by atoms with E-state index in [0.29, 0.717) is 20.9 Å². The highest BCUT2D eigenvalue weighted by Gasteiger charge is 2.34. The Morgan fingerprint density at radius 2 is 1.68 bits per heavy atom. The molecule has 4 rings (SSSR count). The molecule has 0 spiro atoms. The molecule has 1 aliphatic rings. The van der Waals surface area contributed by atoms with Gasteiger partial charge >= 0.3 is 0 Å². The van der Waals surface area contributed by atoms with Crippen LogP contribution in [0, 0.1) is 13.8 Å². The number of para-hydroxylation sites is 1. The van der Waals surface area contributed by atoms with Crippen molar-refractivity contribution >= 4 is 57.6 Å². The van der Waals surface area contributed by atoms with E-state index in [1.54, 1.807) is 4.90 Å². The van der Waals surface area contributed by atoms with Crippen molar-refractivity contribution in [2.24, 2.45) is 0 Å². The molecule has 3 aromatic rings. The first-order chi connectivity index (χ1) is 14.9. The molecule has 0 bridgehead atoms. The maximum atomic E-state index is 13.1. The molecule has 0 radical (unpaired) electrons. The number of rotatable bonds is 5. The molecule has 0 N–H and O–H groups in total. The first kappa shape index (κ1) is 21.6. The van der Waals surface area contributed by atoms with Crippen LogP contribution < -0.4 is 9.64 Å². The summed E-state index contributed by atoms with van der Waals surface area (Å²) in [5, 5.41) is 0.685. The monoisotopic (exact) mass is 465 g/mol. The van der Waals surface area contributed by atoms with Gasteiger partial charge in [0, 0.05) is 10.6 Å². The van der Waals surface area contributed by atoms with Crippen LogP contribution in [0.15, 0.2) is 71.6 Å². The first-order valence-electron chi connectivity index (χ1n) is 9.74. The van der Waals surface area contributed by atoms with Gasteiger partial charge in [0.05, 0.1) is 10.6 Å². The Kier molecular flexibility index (Phi) is 6.46. The summed E-state index contributed by atoms with van der Waals surface area (Å²) in [7, 11) is 0. The van der Waals surface area contributed by atoms with Crippen molar-refractivity contribution in [3.05, 3.63) is 98.9 Å². The third-order valence-corrected chi connectivity index (χ3v) is 6.66. The van der Waals surface area contributed by atoms with E-state index in [0.717, 1.165) is 33.7 Å². The number of aryl methyl sites for hydroxylation is 2. The molecule has 0 aromatic heterocycles. The predicted octanol–water partition coefficient (Wildman–Crippen LogP) is 6.94. The van der Waals surface area contributed by atoms with Gasteiger partial charge in [0.15, 0.2) is 4.32 Å². The van der Waals surface area contributed by atoms with Gasteiger partial charge in [-0.15, -0.1) is 0 Å². The highest BCUT2D eigenvalue weighted by atomic mass is 35.5. The predicted molar refractivity (Wildman–Crippen MR) is 134 cm³/mol. The Morgan fingerprint density at radius 1 is 1.00 bits per heavy atom. The number of halogens is 1. The summed E-state index contributed by atoms with van der Waals surface area (Å²) < 4.78 is 6.38. The van der Waals surface area contributed by atoms with E-state index >= 15 is 0 Å². The average molecular weight is 466 g/mol. The molecule has 0 unspecified atom stereocenters. The maximum Gasteiger partial charge on any atom is 0.270 e. The van der Waals surface area contributed by atoms with Crippen molar-refractivity contribution in [3.63, 3.8) is 0 Å². The molecule has 1 heterocycles. The van der Waals surface area contributed by atoms with E-state index in [-0.39, 0.29) is 5.91 Å². The van der Waals surface area contributed by atoms with Gasteiger partial charge in [-0.2, -0.15) is 0 Å². The standard InChI is InChI=1S/C25H20ClNO2S2/c1-16-6-5-7-17(2)23(16)27-24(28)22(31-25(27)30)14-18-10-12-20(13-11-18)29-15-19-8-3-4-9-21(19)26/h3-14H,15H2,1-2H3/b22-14-. The Morgan fingerprint density at radius 3 is 2.35 bits per heavy atom. The minimum atomic E-state index is -0.0913. The quantitative estimate of drug-likeness (QED) is 0.301. The lowest BCUT2D eigenvalue weighted by atomic mass is 10.1. The summed E-state index contributed by atoms with van der Waals surface area (Å²) in [6, 6.07) is 21.2. The zero-order chi connectivity index (χ0) is 22.0. The zero-order valence-electron chi connectivity index (χ0n) is 17.1. The lowest BCUT2D eigenvalue weighted by Gasteiger charge is -2.19. The van der Waals surface area contributed by atoms with Gasteiger partial charge in [-0.3, -0.25) is 9.69 Å². The number of hydrogen-bond acceptors (Lipinski definition) is 4. The molecule has 1 aliphatic heterocycles. The second kappa shape index (κ2) is 9.27. The molecule has 0 atom stereocenters. The zero-order valence-corrected chi connectivity index (χ0v) is 19.5. The fourth-order valence-electron chi connectivity index (χ4n) is 3.41. The molecule has 0 saturated carbocycles. The van der Waals surface area contributed by atoms with Crippen molar-refractivity contribution in [3.8, 4) is 5.75 Å². The Labute approximate surface area is 196 Å². The highest BCUT2D eigenvalue weighted by molar-refractivity contribution is 8.27. The van der Waals surface area contributed by atoms with E-state index in [2.05, 4.69) is 0 Å². The molecule has 1 amide bonds. The highest BCUT2D eigenvalue weighted by Crippen LogP contribution is 2.38. The lowest BCUT2D eigenvalue weighted by molar-refractivity contribution is -0.113. The Bertz CT molecular complexity index is 1170. The average Bonchev–Trinajstić information content (AvgIpc) is 3.02. The summed E-state index contributed by atoms with van der Waals surface area (Å²) in [5.74, 6) is 0.645.